The average molecular weight is 255 g/mol. The van der Waals surface area contributed by atoms with Crippen LogP contribution in [0.1, 0.15) is 32.3 Å². The minimum Gasteiger partial charge on any atom is -0.493 e. The molecule has 0 aliphatic carbocycles. The molecule has 0 amide bonds. The van der Waals surface area contributed by atoms with Crippen LogP contribution in [-0.2, 0) is 6.42 Å². The summed E-state index contributed by atoms with van der Waals surface area (Å²) in [7, 11) is 0. The predicted octanol–water partition coefficient (Wildman–Crippen LogP) is 2.26. The van der Waals surface area contributed by atoms with Crippen LogP contribution in [0, 0.1) is 5.82 Å². The molecule has 2 unspecified atom stereocenters. The zero-order valence-electron chi connectivity index (χ0n) is 11.0. The highest BCUT2D eigenvalue weighted by Crippen LogP contribution is 2.22. The molecule has 0 bridgehead atoms. The first-order chi connectivity index (χ1) is 8.54. The summed E-state index contributed by atoms with van der Waals surface area (Å²) in [6.07, 6.45) is 1.38. The first kappa shape index (κ1) is 14.9. The van der Waals surface area contributed by atoms with E-state index in [9.17, 15) is 9.50 Å². The van der Waals surface area contributed by atoms with Gasteiger partial charge in [-0.3, -0.25) is 0 Å². The standard InChI is InChI=1S/C14H22FNO2/c1-3-8-18-14-7-5-12(15)9-11(14)4-6-13(17)10(2)16/h5,7,9-10,13,17H,3-4,6,8,16H2,1-2H3. The predicted molar refractivity (Wildman–Crippen MR) is 70.2 cm³/mol. The lowest BCUT2D eigenvalue weighted by atomic mass is 10.0. The number of halogens is 1. The molecule has 1 aromatic carbocycles. The molecule has 3 nitrogen and oxygen atoms in total. The average Bonchev–Trinajstić information content (AvgIpc) is 2.34. The molecule has 4 heteroatoms. The number of rotatable bonds is 7. The third kappa shape index (κ3) is 4.63. The minimum atomic E-state index is -0.577. The van der Waals surface area contributed by atoms with Gasteiger partial charge in [0.05, 0.1) is 12.7 Å². The van der Waals surface area contributed by atoms with Crippen molar-refractivity contribution < 1.29 is 14.2 Å². The summed E-state index contributed by atoms with van der Waals surface area (Å²) in [4.78, 5) is 0. The Morgan fingerprint density at radius 2 is 2.17 bits per heavy atom. The molecule has 0 saturated carbocycles. The van der Waals surface area contributed by atoms with Crippen LogP contribution in [-0.4, -0.2) is 23.9 Å². The van der Waals surface area contributed by atoms with Crippen LogP contribution < -0.4 is 10.5 Å². The number of hydrogen-bond donors (Lipinski definition) is 2. The molecule has 3 N–H and O–H groups in total. The Morgan fingerprint density at radius 1 is 1.44 bits per heavy atom. The van der Waals surface area contributed by atoms with Gasteiger partial charge in [-0.2, -0.15) is 0 Å². The summed E-state index contributed by atoms with van der Waals surface area (Å²) < 4.78 is 18.8. The second-order valence-electron chi connectivity index (χ2n) is 4.57. The lowest BCUT2D eigenvalue weighted by Crippen LogP contribution is -2.31. The largest absolute Gasteiger partial charge is 0.493 e. The smallest absolute Gasteiger partial charge is 0.123 e. The fourth-order valence-corrected chi connectivity index (χ4v) is 1.66. The number of benzene rings is 1. The lowest BCUT2D eigenvalue weighted by Gasteiger charge is -2.16. The van der Waals surface area contributed by atoms with Gasteiger partial charge in [0.2, 0.25) is 0 Å². The van der Waals surface area contributed by atoms with E-state index in [1.807, 2.05) is 6.92 Å². The normalized spacial score (nSPS) is 14.3. The van der Waals surface area contributed by atoms with Crippen LogP contribution in [0.4, 0.5) is 4.39 Å². The quantitative estimate of drug-likeness (QED) is 0.785. The van der Waals surface area contributed by atoms with Crippen molar-refractivity contribution >= 4 is 0 Å². The van der Waals surface area contributed by atoms with Crippen LogP contribution in [0.3, 0.4) is 0 Å². The van der Waals surface area contributed by atoms with Crippen molar-refractivity contribution in [2.24, 2.45) is 5.73 Å². The summed E-state index contributed by atoms with van der Waals surface area (Å²) in [5.74, 6) is 0.402. The van der Waals surface area contributed by atoms with Crippen molar-refractivity contribution in [1.82, 2.24) is 0 Å². The second kappa shape index (κ2) is 7.34. The Kier molecular flexibility index (Phi) is 6.09. The maximum atomic E-state index is 13.2. The number of aliphatic hydroxyl groups excluding tert-OH is 1. The number of aryl methyl sites for hydroxylation is 1. The molecule has 0 heterocycles. The molecule has 0 radical (unpaired) electrons. The van der Waals surface area contributed by atoms with Crippen LogP contribution in [0.15, 0.2) is 18.2 Å². The van der Waals surface area contributed by atoms with E-state index in [4.69, 9.17) is 10.5 Å². The van der Waals surface area contributed by atoms with E-state index in [0.717, 1.165) is 12.0 Å². The van der Waals surface area contributed by atoms with Crippen molar-refractivity contribution in [2.45, 2.75) is 45.3 Å². The van der Waals surface area contributed by atoms with E-state index in [2.05, 4.69) is 0 Å². The Hall–Kier alpha value is -1.13. The highest BCUT2D eigenvalue weighted by atomic mass is 19.1. The fraction of sp³-hybridized carbons (Fsp3) is 0.571. The van der Waals surface area contributed by atoms with Gasteiger partial charge in [-0.15, -0.1) is 0 Å². The number of hydrogen-bond acceptors (Lipinski definition) is 3. The molecule has 0 saturated heterocycles. The monoisotopic (exact) mass is 255 g/mol. The van der Waals surface area contributed by atoms with Gasteiger partial charge in [0.1, 0.15) is 11.6 Å². The number of ether oxygens (including phenoxy) is 1. The van der Waals surface area contributed by atoms with Crippen molar-refractivity contribution in [3.63, 3.8) is 0 Å². The molecule has 0 aliphatic rings. The zero-order chi connectivity index (χ0) is 13.5. The van der Waals surface area contributed by atoms with Crippen LogP contribution >= 0.6 is 0 Å². The Bertz CT molecular complexity index is 369. The van der Waals surface area contributed by atoms with Crippen LogP contribution in [0.2, 0.25) is 0 Å². The van der Waals surface area contributed by atoms with Gasteiger partial charge in [-0.1, -0.05) is 6.92 Å². The minimum absolute atomic E-state index is 0.279. The summed E-state index contributed by atoms with van der Waals surface area (Å²) in [5.41, 5.74) is 6.37. The lowest BCUT2D eigenvalue weighted by molar-refractivity contribution is 0.141. The summed E-state index contributed by atoms with van der Waals surface area (Å²) in [6.45, 7) is 4.38. The van der Waals surface area contributed by atoms with E-state index in [1.165, 1.54) is 12.1 Å². The maximum Gasteiger partial charge on any atom is 0.123 e. The van der Waals surface area contributed by atoms with Gasteiger partial charge >= 0.3 is 0 Å². The first-order valence-electron chi connectivity index (χ1n) is 6.39. The second-order valence-corrected chi connectivity index (χ2v) is 4.57. The van der Waals surface area contributed by atoms with E-state index in [1.54, 1.807) is 13.0 Å². The van der Waals surface area contributed by atoms with E-state index < -0.39 is 6.10 Å². The third-order valence-corrected chi connectivity index (χ3v) is 2.80. The van der Waals surface area contributed by atoms with Gasteiger partial charge in [-0.05, 0) is 49.9 Å². The summed E-state index contributed by atoms with van der Waals surface area (Å²) in [6, 6.07) is 4.20. The zero-order valence-corrected chi connectivity index (χ0v) is 11.0. The maximum absolute atomic E-state index is 13.2. The van der Waals surface area contributed by atoms with Gasteiger partial charge in [0.15, 0.2) is 0 Å². The molecular weight excluding hydrogens is 233 g/mol. The Morgan fingerprint density at radius 3 is 2.78 bits per heavy atom. The van der Waals surface area contributed by atoms with E-state index in [0.29, 0.717) is 25.2 Å². The van der Waals surface area contributed by atoms with Gasteiger partial charge in [-0.25, -0.2) is 4.39 Å². The fourth-order valence-electron chi connectivity index (χ4n) is 1.66. The Labute approximate surface area is 108 Å². The third-order valence-electron chi connectivity index (χ3n) is 2.80. The first-order valence-corrected chi connectivity index (χ1v) is 6.39. The van der Waals surface area contributed by atoms with Crippen LogP contribution in [0.25, 0.3) is 0 Å². The molecule has 2 atom stereocenters. The molecule has 0 aromatic heterocycles. The van der Waals surface area contributed by atoms with Gasteiger partial charge < -0.3 is 15.6 Å². The molecule has 102 valence electrons. The molecule has 0 aliphatic heterocycles. The van der Waals surface area contributed by atoms with Crippen LogP contribution in [0.5, 0.6) is 5.75 Å². The van der Waals surface area contributed by atoms with Crippen molar-refractivity contribution in [2.75, 3.05) is 6.61 Å². The van der Waals surface area contributed by atoms with Crippen molar-refractivity contribution in [3.05, 3.63) is 29.6 Å². The summed E-state index contributed by atoms with van der Waals surface area (Å²) >= 11 is 0. The molecule has 0 spiro atoms. The van der Waals surface area contributed by atoms with E-state index in [-0.39, 0.29) is 11.9 Å². The van der Waals surface area contributed by atoms with E-state index >= 15 is 0 Å². The molecule has 0 fully saturated rings. The number of aliphatic hydroxyl groups is 1. The molecule has 1 rings (SSSR count). The molecule has 1 aromatic rings. The summed E-state index contributed by atoms with van der Waals surface area (Å²) in [5, 5.41) is 9.66. The van der Waals surface area contributed by atoms with Gasteiger partial charge in [0.25, 0.3) is 0 Å². The van der Waals surface area contributed by atoms with Gasteiger partial charge in [0, 0.05) is 6.04 Å². The molecule has 18 heavy (non-hydrogen) atoms. The SMILES string of the molecule is CCCOc1ccc(F)cc1CCC(O)C(C)N. The topological polar surface area (TPSA) is 55.5 Å². The van der Waals surface area contributed by atoms with Crippen molar-refractivity contribution in [1.29, 1.82) is 0 Å². The number of nitrogens with two attached hydrogens (primary N) is 1. The Balaban J connectivity index is 2.69. The highest BCUT2D eigenvalue weighted by molar-refractivity contribution is 5.34. The van der Waals surface area contributed by atoms with Crippen molar-refractivity contribution in [3.8, 4) is 5.75 Å². The highest BCUT2D eigenvalue weighted by Gasteiger charge is 2.12. The molecular formula is C14H22FNO2.